The van der Waals surface area contributed by atoms with E-state index in [2.05, 4.69) is 4.98 Å². The second-order valence-corrected chi connectivity index (χ2v) is 8.89. The molecular formula is C18H15ClN4OS2. The summed E-state index contributed by atoms with van der Waals surface area (Å²) in [4.78, 5) is 24.4. The van der Waals surface area contributed by atoms with Crippen molar-refractivity contribution < 1.29 is 0 Å². The van der Waals surface area contributed by atoms with Gasteiger partial charge < -0.3 is 4.40 Å². The summed E-state index contributed by atoms with van der Waals surface area (Å²) < 4.78 is 3.59. The van der Waals surface area contributed by atoms with E-state index in [0.29, 0.717) is 10.8 Å². The minimum absolute atomic E-state index is 0.0682. The lowest BCUT2D eigenvalue weighted by molar-refractivity contribution is 0.726. The molecule has 5 rings (SSSR count). The molecule has 0 saturated carbocycles. The Kier molecular flexibility index (Phi) is 3.84. The molecule has 26 heavy (non-hydrogen) atoms. The smallest absolute Gasteiger partial charge is 0.262 e. The van der Waals surface area contributed by atoms with Crippen molar-refractivity contribution >= 4 is 50.6 Å². The Balaban J connectivity index is 1.49. The second-order valence-electron chi connectivity index (χ2n) is 6.43. The zero-order valence-corrected chi connectivity index (χ0v) is 16.4. The van der Waals surface area contributed by atoms with Gasteiger partial charge in [0.05, 0.1) is 16.1 Å². The summed E-state index contributed by atoms with van der Waals surface area (Å²) in [7, 11) is 1.81. The predicted octanol–water partition coefficient (Wildman–Crippen LogP) is 4.08. The fraction of sp³-hybridized carbons (Fsp3) is 0.278. The molecule has 4 aromatic heterocycles. The molecular weight excluding hydrogens is 388 g/mol. The molecule has 0 unspecified atom stereocenters. The van der Waals surface area contributed by atoms with Crippen LogP contribution in [0.2, 0.25) is 5.02 Å². The van der Waals surface area contributed by atoms with Gasteiger partial charge in [-0.2, -0.15) is 0 Å². The van der Waals surface area contributed by atoms with Crippen LogP contribution in [0.1, 0.15) is 22.6 Å². The highest BCUT2D eigenvalue weighted by Gasteiger charge is 2.22. The summed E-state index contributed by atoms with van der Waals surface area (Å²) in [6.45, 7) is 0. The number of fused-ring (bicyclic) bond motifs is 4. The van der Waals surface area contributed by atoms with Crippen molar-refractivity contribution in [3.05, 3.63) is 56.0 Å². The molecule has 1 aliphatic rings. The quantitative estimate of drug-likeness (QED) is 0.383. The molecule has 0 fully saturated rings. The summed E-state index contributed by atoms with van der Waals surface area (Å²) in [6.07, 6.45) is 7.03. The number of aryl methyl sites for hydroxylation is 2. The zero-order valence-electron chi connectivity index (χ0n) is 14.0. The van der Waals surface area contributed by atoms with Crippen LogP contribution in [-0.2, 0) is 25.6 Å². The number of thioether (sulfide) groups is 1. The Labute approximate surface area is 162 Å². The van der Waals surface area contributed by atoms with E-state index in [1.54, 1.807) is 23.0 Å². The molecule has 0 amide bonds. The SMILES string of the molecule is Cn1c(SCc2cn3cc(Cl)ccc3n2)nc2sc3c(c2c1=O)CCC3. The number of aromatic nitrogens is 4. The van der Waals surface area contributed by atoms with Gasteiger partial charge in [0.2, 0.25) is 0 Å². The van der Waals surface area contributed by atoms with E-state index in [4.69, 9.17) is 16.6 Å². The first-order chi connectivity index (χ1) is 12.6. The Bertz CT molecular complexity index is 1220. The Morgan fingerprint density at radius 3 is 3.04 bits per heavy atom. The molecule has 5 nitrogen and oxygen atoms in total. The van der Waals surface area contributed by atoms with E-state index in [1.807, 2.05) is 28.9 Å². The van der Waals surface area contributed by atoms with Gasteiger partial charge in [0.15, 0.2) is 5.16 Å². The second kappa shape index (κ2) is 6.11. The van der Waals surface area contributed by atoms with Gasteiger partial charge >= 0.3 is 0 Å². The number of nitrogens with zero attached hydrogens (tertiary/aromatic N) is 4. The molecule has 0 saturated heterocycles. The van der Waals surface area contributed by atoms with Crippen molar-refractivity contribution in [2.75, 3.05) is 0 Å². The number of rotatable bonds is 3. The summed E-state index contributed by atoms with van der Waals surface area (Å²) >= 11 is 9.24. The number of thiophene rings is 1. The Morgan fingerprint density at radius 1 is 1.27 bits per heavy atom. The average molecular weight is 403 g/mol. The number of hydrogen-bond donors (Lipinski definition) is 0. The third-order valence-electron chi connectivity index (χ3n) is 4.72. The Morgan fingerprint density at radius 2 is 2.15 bits per heavy atom. The minimum atomic E-state index is 0.0682. The van der Waals surface area contributed by atoms with Gasteiger partial charge in [0, 0.05) is 30.1 Å². The summed E-state index contributed by atoms with van der Waals surface area (Å²) in [5, 5.41) is 2.24. The lowest BCUT2D eigenvalue weighted by Crippen LogP contribution is -2.20. The van der Waals surface area contributed by atoms with Crippen LogP contribution in [0.25, 0.3) is 15.9 Å². The van der Waals surface area contributed by atoms with Gasteiger partial charge in [-0.15, -0.1) is 11.3 Å². The highest BCUT2D eigenvalue weighted by atomic mass is 35.5. The third kappa shape index (κ3) is 2.57. The summed E-state index contributed by atoms with van der Waals surface area (Å²) in [5.41, 5.74) is 3.09. The molecule has 0 atom stereocenters. The standard InChI is InChI=1S/C18H15ClN4OS2/c1-22-17(24)15-12-3-2-4-13(12)26-16(15)21-18(22)25-9-11-8-23-7-10(19)5-6-14(23)20-11/h5-8H,2-4,9H2,1H3. The average Bonchev–Trinajstić information content (AvgIpc) is 3.29. The van der Waals surface area contributed by atoms with Crippen LogP contribution in [0.15, 0.2) is 34.5 Å². The molecule has 0 radical (unpaired) electrons. The fourth-order valence-corrected chi connectivity index (χ4v) is 5.79. The van der Waals surface area contributed by atoms with Crippen LogP contribution in [0.4, 0.5) is 0 Å². The molecule has 4 aromatic rings. The molecule has 0 bridgehead atoms. The van der Waals surface area contributed by atoms with E-state index in [1.165, 1.54) is 22.2 Å². The van der Waals surface area contributed by atoms with Crippen LogP contribution in [-0.4, -0.2) is 18.9 Å². The van der Waals surface area contributed by atoms with Gasteiger partial charge in [-0.05, 0) is 37.0 Å². The van der Waals surface area contributed by atoms with Crippen molar-refractivity contribution in [2.24, 2.45) is 7.05 Å². The maximum Gasteiger partial charge on any atom is 0.262 e. The lowest BCUT2D eigenvalue weighted by Gasteiger charge is -2.06. The minimum Gasteiger partial charge on any atom is -0.305 e. The zero-order chi connectivity index (χ0) is 17.8. The largest absolute Gasteiger partial charge is 0.305 e. The van der Waals surface area contributed by atoms with Gasteiger partial charge in [0.1, 0.15) is 10.5 Å². The van der Waals surface area contributed by atoms with Crippen molar-refractivity contribution in [3.8, 4) is 0 Å². The van der Waals surface area contributed by atoms with E-state index in [9.17, 15) is 4.79 Å². The molecule has 8 heteroatoms. The van der Waals surface area contributed by atoms with E-state index in [0.717, 1.165) is 46.0 Å². The number of pyridine rings is 1. The van der Waals surface area contributed by atoms with E-state index < -0.39 is 0 Å². The van der Waals surface area contributed by atoms with Crippen molar-refractivity contribution in [1.82, 2.24) is 18.9 Å². The van der Waals surface area contributed by atoms with E-state index >= 15 is 0 Å². The van der Waals surface area contributed by atoms with Gasteiger partial charge in [-0.3, -0.25) is 9.36 Å². The predicted molar refractivity (Wildman–Crippen MR) is 107 cm³/mol. The van der Waals surface area contributed by atoms with Crippen molar-refractivity contribution in [2.45, 2.75) is 30.2 Å². The van der Waals surface area contributed by atoms with Crippen molar-refractivity contribution in [3.63, 3.8) is 0 Å². The molecule has 132 valence electrons. The third-order valence-corrected chi connectivity index (χ3v) is 7.19. The molecule has 0 aliphatic heterocycles. The topological polar surface area (TPSA) is 52.2 Å². The van der Waals surface area contributed by atoms with Crippen LogP contribution in [0.5, 0.6) is 0 Å². The van der Waals surface area contributed by atoms with Gasteiger partial charge in [0.25, 0.3) is 5.56 Å². The molecule has 0 aromatic carbocycles. The first-order valence-corrected chi connectivity index (χ1v) is 10.6. The molecule has 4 heterocycles. The maximum atomic E-state index is 12.8. The van der Waals surface area contributed by atoms with Crippen LogP contribution >= 0.6 is 34.7 Å². The lowest BCUT2D eigenvalue weighted by atomic mass is 10.2. The number of imidazole rings is 1. The first kappa shape index (κ1) is 16.4. The first-order valence-electron chi connectivity index (χ1n) is 8.37. The Hall–Kier alpha value is -1.83. The normalized spacial score (nSPS) is 13.8. The molecule has 0 N–H and O–H groups in total. The van der Waals surface area contributed by atoms with Crippen LogP contribution in [0.3, 0.4) is 0 Å². The number of halogens is 1. The molecule has 0 spiro atoms. The van der Waals surface area contributed by atoms with Crippen LogP contribution in [0, 0.1) is 0 Å². The number of hydrogen-bond acceptors (Lipinski definition) is 5. The maximum absolute atomic E-state index is 12.8. The van der Waals surface area contributed by atoms with Crippen LogP contribution < -0.4 is 5.56 Å². The highest BCUT2D eigenvalue weighted by molar-refractivity contribution is 7.98. The van der Waals surface area contributed by atoms with Crippen molar-refractivity contribution in [1.29, 1.82) is 0 Å². The van der Waals surface area contributed by atoms with Gasteiger partial charge in [-0.25, -0.2) is 9.97 Å². The fourth-order valence-electron chi connectivity index (χ4n) is 3.46. The summed E-state index contributed by atoms with van der Waals surface area (Å²) in [5.74, 6) is 0.649. The van der Waals surface area contributed by atoms with E-state index in [-0.39, 0.29) is 5.56 Å². The monoisotopic (exact) mass is 402 g/mol. The van der Waals surface area contributed by atoms with Gasteiger partial charge in [-0.1, -0.05) is 23.4 Å². The summed E-state index contributed by atoms with van der Waals surface area (Å²) in [6, 6.07) is 3.72. The molecule has 1 aliphatic carbocycles. The highest BCUT2D eigenvalue weighted by Crippen LogP contribution is 2.35.